The van der Waals surface area contributed by atoms with Gasteiger partial charge in [0, 0.05) is 6.54 Å². The van der Waals surface area contributed by atoms with Gasteiger partial charge in [0.05, 0.1) is 16.5 Å². The number of aromatic amines is 2. The normalized spacial score (nSPS) is 11.4. The van der Waals surface area contributed by atoms with Crippen molar-refractivity contribution in [2.75, 3.05) is 11.9 Å². The largest absolute Gasteiger partial charge is 0.337 e. The van der Waals surface area contributed by atoms with Crippen LogP contribution >= 0.6 is 0 Å². The molecule has 2 amide bonds. The number of aromatic nitrogens is 2. The zero-order chi connectivity index (χ0) is 15.6. The summed E-state index contributed by atoms with van der Waals surface area (Å²) >= 11 is 0. The van der Waals surface area contributed by atoms with E-state index in [9.17, 15) is 14.4 Å². The molecule has 0 aliphatic carbocycles. The summed E-state index contributed by atoms with van der Waals surface area (Å²) in [7, 11) is 0. The van der Waals surface area contributed by atoms with Gasteiger partial charge in [0.2, 0.25) is 0 Å². The summed E-state index contributed by atoms with van der Waals surface area (Å²) < 4.78 is 0. The molecule has 0 unspecified atom stereocenters. The van der Waals surface area contributed by atoms with Crippen LogP contribution in [0.15, 0.2) is 27.8 Å². The molecule has 0 fully saturated rings. The fraction of sp³-hybridized carbons (Fsp3) is 0.357. The van der Waals surface area contributed by atoms with E-state index in [0.29, 0.717) is 12.2 Å². The lowest BCUT2D eigenvalue weighted by Crippen LogP contribution is -2.35. The van der Waals surface area contributed by atoms with Gasteiger partial charge in [-0.15, -0.1) is 0 Å². The molecule has 2 aromatic rings. The number of urea groups is 1. The van der Waals surface area contributed by atoms with Gasteiger partial charge in [-0.05, 0) is 17.5 Å². The molecule has 1 aromatic carbocycles. The second kappa shape index (κ2) is 5.43. The number of H-pyrrole nitrogens is 2. The first-order valence-corrected chi connectivity index (χ1v) is 6.56. The van der Waals surface area contributed by atoms with E-state index < -0.39 is 17.1 Å². The Morgan fingerprint density at radius 3 is 2.48 bits per heavy atom. The molecule has 0 spiro atoms. The van der Waals surface area contributed by atoms with Crippen molar-refractivity contribution in [3.63, 3.8) is 0 Å². The first-order valence-electron chi connectivity index (χ1n) is 6.56. The van der Waals surface area contributed by atoms with Crippen molar-refractivity contribution in [1.29, 1.82) is 0 Å². The van der Waals surface area contributed by atoms with Crippen molar-refractivity contribution in [3.8, 4) is 0 Å². The molecule has 1 heterocycles. The predicted octanol–water partition coefficient (Wildman–Crippen LogP) is 1.38. The Morgan fingerprint density at radius 2 is 1.81 bits per heavy atom. The highest BCUT2D eigenvalue weighted by molar-refractivity contribution is 6.00. The summed E-state index contributed by atoms with van der Waals surface area (Å²) in [5.41, 5.74) is -0.629. The molecule has 2 rings (SSSR count). The molecule has 0 aliphatic rings. The zero-order valence-electron chi connectivity index (χ0n) is 12.2. The van der Waals surface area contributed by atoms with E-state index in [2.05, 4.69) is 20.8 Å². The summed E-state index contributed by atoms with van der Waals surface area (Å²) in [5.74, 6) is 0. The number of hydrogen-bond donors (Lipinski definition) is 4. The lowest BCUT2D eigenvalue weighted by Gasteiger charge is -2.19. The summed E-state index contributed by atoms with van der Waals surface area (Å²) in [4.78, 5) is 35.4. The van der Waals surface area contributed by atoms with Crippen LogP contribution in [0.5, 0.6) is 0 Å². The van der Waals surface area contributed by atoms with Crippen LogP contribution in [0, 0.1) is 5.41 Å². The molecule has 4 N–H and O–H groups in total. The van der Waals surface area contributed by atoms with Crippen molar-refractivity contribution < 1.29 is 4.79 Å². The van der Waals surface area contributed by atoms with E-state index in [1.54, 1.807) is 12.1 Å². The molecular weight excluding hydrogens is 272 g/mol. The topological polar surface area (TPSA) is 107 Å². The SMILES string of the molecule is CC(C)(C)CNC(=O)Nc1cccc2c(=O)[nH][nH]c(=O)c12. The molecule has 0 saturated carbocycles. The Labute approximate surface area is 120 Å². The third-order valence-electron chi connectivity index (χ3n) is 2.85. The lowest BCUT2D eigenvalue weighted by molar-refractivity contribution is 0.247. The molecule has 0 radical (unpaired) electrons. The van der Waals surface area contributed by atoms with E-state index in [1.807, 2.05) is 20.8 Å². The Balaban J connectivity index is 2.31. The average Bonchev–Trinajstić information content (AvgIpc) is 2.40. The smallest absolute Gasteiger partial charge is 0.319 e. The second-order valence-electron chi connectivity index (χ2n) is 6.00. The van der Waals surface area contributed by atoms with E-state index in [-0.39, 0.29) is 16.2 Å². The number of anilines is 1. The minimum atomic E-state index is -0.462. The number of carbonyl (C=O) groups excluding carboxylic acids is 1. The van der Waals surface area contributed by atoms with Crippen molar-refractivity contribution in [2.24, 2.45) is 5.41 Å². The van der Waals surface area contributed by atoms with Crippen LogP contribution in [0.2, 0.25) is 0 Å². The van der Waals surface area contributed by atoms with Crippen LogP contribution in [0.1, 0.15) is 20.8 Å². The Hall–Kier alpha value is -2.57. The molecule has 21 heavy (non-hydrogen) atoms. The highest BCUT2D eigenvalue weighted by Crippen LogP contribution is 2.16. The molecule has 0 aliphatic heterocycles. The van der Waals surface area contributed by atoms with Crippen LogP contribution in [0.25, 0.3) is 10.8 Å². The molecule has 0 atom stereocenters. The van der Waals surface area contributed by atoms with Gasteiger partial charge < -0.3 is 10.6 Å². The summed E-state index contributed by atoms with van der Waals surface area (Å²) in [6.07, 6.45) is 0. The standard InChI is InChI=1S/C14H18N4O3/c1-14(2,3)7-15-13(21)16-9-6-4-5-8-10(9)12(20)18-17-11(8)19/h4-6H,7H2,1-3H3,(H,17,19)(H,18,20)(H2,15,16,21). The first kappa shape index (κ1) is 14.8. The fourth-order valence-electron chi connectivity index (χ4n) is 1.85. The number of fused-ring (bicyclic) bond motifs is 1. The first-order chi connectivity index (χ1) is 9.78. The van der Waals surface area contributed by atoms with Gasteiger partial charge in [0.25, 0.3) is 11.1 Å². The maximum Gasteiger partial charge on any atom is 0.319 e. The number of benzene rings is 1. The summed E-state index contributed by atoms with van der Waals surface area (Å²) in [5, 5.41) is 10.2. The lowest BCUT2D eigenvalue weighted by atomic mass is 9.97. The molecule has 112 valence electrons. The average molecular weight is 290 g/mol. The Bertz CT molecular complexity index is 783. The second-order valence-corrected chi connectivity index (χ2v) is 6.00. The van der Waals surface area contributed by atoms with Crippen molar-refractivity contribution in [1.82, 2.24) is 15.5 Å². The van der Waals surface area contributed by atoms with Crippen LogP contribution in [0.4, 0.5) is 10.5 Å². The van der Waals surface area contributed by atoms with Crippen molar-refractivity contribution >= 4 is 22.5 Å². The van der Waals surface area contributed by atoms with Gasteiger partial charge in [-0.3, -0.25) is 19.8 Å². The number of carbonyl (C=O) groups is 1. The number of amides is 2. The minimum absolute atomic E-state index is 0.0509. The fourth-order valence-corrected chi connectivity index (χ4v) is 1.85. The monoisotopic (exact) mass is 290 g/mol. The maximum absolute atomic E-state index is 11.9. The van der Waals surface area contributed by atoms with Gasteiger partial charge >= 0.3 is 6.03 Å². The molecule has 0 saturated heterocycles. The highest BCUT2D eigenvalue weighted by atomic mass is 16.2. The maximum atomic E-state index is 11.9. The predicted molar refractivity (Wildman–Crippen MR) is 81.7 cm³/mol. The molecule has 1 aromatic heterocycles. The van der Waals surface area contributed by atoms with Crippen LogP contribution < -0.4 is 21.8 Å². The summed E-state index contributed by atoms with van der Waals surface area (Å²) in [6, 6.07) is 4.29. The quantitative estimate of drug-likeness (QED) is 0.671. The van der Waals surface area contributed by atoms with Gasteiger partial charge in [0.1, 0.15) is 0 Å². The Kier molecular flexibility index (Phi) is 3.84. The Morgan fingerprint density at radius 1 is 1.14 bits per heavy atom. The third kappa shape index (κ3) is 3.50. The van der Waals surface area contributed by atoms with Crippen LogP contribution in [-0.4, -0.2) is 22.8 Å². The van der Waals surface area contributed by atoms with Crippen molar-refractivity contribution in [2.45, 2.75) is 20.8 Å². The van der Waals surface area contributed by atoms with E-state index in [4.69, 9.17) is 0 Å². The summed E-state index contributed by atoms with van der Waals surface area (Å²) in [6.45, 7) is 6.47. The number of nitrogens with one attached hydrogen (secondary N) is 4. The van der Waals surface area contributed by atoms with E-state index >= 15 is 0 Å². The molecule has 7 nitrogen and oxygen atoms in total. The minimum Gasteiger partial charge on any atom is -0.337 e. The van der Waals surface area contributed by atoms with Crippen LogP contribution in [-0.2, 0) is 0 Å². The van der Waals surface area contributed by atoms with E-state index in [0.717, 1.165) is 0 Å². The van der Waals surface area contributed by atoms with Gasteiger partial charge in [-0.25, -0.2) is 4.79 Å². The van der Waals surface area contributed by atoms with E-state index in [1.165, 1.54) is 6.07 Å². The van der Waals surface area contributed by atoms with Gasteiger partial charge in [-0.2, -0.15) is 0 Å². The highest BCUT2D eigenvalue weighted by Gasteiger charge is 2.14. The zero-order valence-corrected chi connectivity index (χ0v) is 12.2. The van der Waals surface area contributed by atoms with Crippen LogP contribution in [0.3, 0.4) is 0 Å². The number of rotatable bonds is 2. The molecule has 0 bridgehead atoms. The van der Waals surface area contributed by atoms with Gasteiger partial charge in [0.15, 0.2) is 0 Å². The number of hydrogen-bond acceptors (Lipinski definition) is 3. The molecule has 7 heteroatoms. The molecular formula is C14H18N4O3. The van der Waals surface area contributed by atoms with Crippen molar-refractivity contribution in [3.05, 3.63) is 38.9 Å². The van der Waals surface area contributed by atoms with Gasteiger partial charge in [-0.1, -0.05) is 26.8 Å². The third-order valence-corrected chi connectivity index (χ3v) is 2.85.